The quantitative estimate of drug-likeness (QED) is 0.371. The van der Waals surface area contributed by atoms with Crippen LogP contribution < -0.4 is 14.4 Å². The number of non-ortho nitro benzene ring substituents is 1. The van der Waals surface area contributed by atoms with E-state index in [4.69, 9.17) is 9.47 Å². The van der Waals surface area contributed by atoms with E-state index in [1.165, 1.54) is 17.7 Å². The normalized spacial score (nSPS) is 15.8. The molecule has 3 rings (SSSR count). The molecule has 7 nitrogen and oxygen atoms in total. The second kappa shape index (κ2) is 8.94. The first-order chi connectivity index (χ1) is 13.9. The van der Waals surface area contributed by atoms with Crippen molar-refractivity contribution in [1.82, 2.24) is 0 Å². The van der Waals surface area contributed by atoms with Crippen molar-refractivity contribution < 1.29 is 19.2 Å². The van der Waals surface area contributed by atoms with Crippen molar-refractivity contribution in [3.8, 4) is 11.5 Å². The van der Waals surface area contributed by atoms with E-state index >= 15 is 0 Å². The minimum Gasteiger partial charge on any atom is -0.494 e. The number of nitrogens with zero attached hydrogens (tertiary/aromatic N) is 2. The lowest BCUT2D eigenvalue weighted by atomic mass is 10.0. The van der Waals surface area contributed by atoms with Gasteiger partial charge in [0, 0.05) is 12.6 Å². The van der Waals surface area contributed by atoms with E-state index in [2.05, 4.69) is 0 Å². The SMILES string of the molecule is Cc1ccc(OCCCCN2C(=O)C(C(C)C)Oc3cc([N+](=O)[O-])ccc32)cc1. The number of carbonyl (C=O) groups is 1. The number of benzene rings is 2. The molecule has 0 bridgehead atoms. The van der Waals surface area contributed by atoms with E-state index in [-0.39, 0.29) is 17.5 Å². The first kappa shape index (κ1) is 20.6. The maximum Gasteiger partial charge on any atom is 0.273 e. The van der Waals surface area contributed by atoms with Crippen LogP contribution in [0.3, 0.4) is 0 Å². The third-order valence-corrected chi connectivity index (χ3v) is 4.88. The fourth-order valence-electron chi connectivity index (χ4n) is 3.24. The molecule has 1 unspecified atom stereocenters. The second-order valence-corrected chi connectivity index (χ2v) is 7.55. The van der Waals surface area contributed by atoms with E-state index in [9.17, 15) is 14.9 Å². The number of nitro groups is 1. The van der Waals surface area contributed by atoms with Crippen LogP contribution in [0.1, 0.15) is 32.3 Å². The Bertz CT molecular complexity index is 879. The van der Waals surface area contributed by atoms with Crippen LogP contribution >= 0.6 is 0 Å². The Hall–Kier alpha value is -3.09. The molecule has 0 spiro atoms. The number of aryl methyl sites for hydroxylation is 1. The van der Waals surface area contributed by atoms with Gasteiger partial charge in [0.25, 0.3) is 11.6 Å². The van der Waals surface area contributed by atoms with Crippen LogP contribution in [0.2, 0.25) is 0 Å². The summed E-state index contributed by atoms with van der Waals surface area (Å²) in [5.74, 6) is 1.06. The first-order valence-electron chi connectivity index (χ1n) is 9.83. The van der Waals surface area contributed by atoms with Crippen molar-refractivity contribution in [2.75, 3.05) is 18.1 Å². The number of ether oxygens (including phenoxy) is 2. The maximum absolute atomic E-state index is 12.9. The van der Waals surface area contributed by atoms with E-state index < -0.39 is 11.0 Å². The molecular weight excluding hydrogens is 372 g/mol. The van der Waals surface area contributed by atoms with Crippen molar-refractivity contribution in [2.24, 2.45) is 5.92 Å². The summed E-state index contributed by atoms with van der Waals surface area (Å²) in [6.07, 6.45) is 0.889. The van der Waals surface area contributed by atoms with Gasteiger partial charge in [-0.3, -0.25) is 14.9 Å². The fourth-order valence-corrected chi connectivity index (χ4v) is 3.24. The minimum atomic E-state index is -0.645. The van der Waals surface area contributed by atoms with Gasteiger partial charge in [-0.1, -0.05) is 31.5 Å². The van der Waals surface area contributed by atoms with E-state index in [0.717, 1.165) is 18.6 Å². The zero-order valence-corrected chi connectivity index (χ0v) is 17.0. The van der Waals surface area contributed by atoms with Gasteiger partial charge in [0.05, 0.1) is 23.3 Å². The molecule has 0 aliphatic carbocycles. The topological polar surface area (TPSA) is 81.9 Å². The van der Waals surface area contributed by atoms with E-state index in [0.29, 0.717) is 24.6 Å². The highest BCUT2D eigenvalue weighted by Crippen LogP contribution is 2.38. The van der Waals surface area contributed by atoms with Crippen molar-refractivity contribution in [2.45, 2.75) is 39.7 Å². The fraction of sp³-hybridized carbons (Fsp3) is 0.409. The molecule has 2 aromatic rings. The van der Waals surface area contributed by atoms with Gasteiger partial charge in [0.15, 0.2) is 11.9 Å². The van der Waals surface area contributed by atoms with Crippen LogP contribution in [-0.2, 0) is 4.79 Å². The lowest BCUT2D eigenvalue weighted by Gasteiger charge is -2.35. The Morgan fingerprint density at radius 2 is 1.90 bits per heavy atom. The molecule has 0 aromatic heterocycles. The number of anilines is 1. The number of fused-ring (bicyclic) bond motifs is 1. The van der Waals surface area contributed by atoms with Crippen LogP contribution in [0, 0.1) is 23.0 Å². The molecule has 0 fully saturated rings. The van der Waals surface area contributed by atoms with E-state index in [1.54, 1.807) is 11.0 Å². The van der Waals surface area contributed by atoms with Crippen molar-refractivity contribution >= 4 is 17.3 Å². The number of hydrogen-bond donors (Lipinski definition) is 0. The van der Waals surface area contributed by atoms with Gasteiger partial charge in [-0.15, -0.1) is 0 Å². The van der Waals surface area contributed by atoms with Gasteiger partial charge in [0.2, 0.25) is 0 Å². The maximum atomic E-state index is 12.9. The number of unbranched alkanes of at least 4 members (excludes halogenated alkanes) is 1. The predicted octanol–water partition coefficient (Wildman–Crippen LogP) is 4.51. The van der Waals surface area contributed by atoms with Crippen molar-refractivity contribution in [1.29, 1.82) is 0 Å². The highest BCUT2D eigenvalue weighted by Gasteiger charge is 2.36. The predicted molar refractivity (Wildman–Crippen MR) is 111 cm³/mol. The zero-order chi connectivity index (χ0) is 21.0. The van der Waals surface area contributed by atoms with Crippen LogP contribution in [0.15, 0.2) is 42.5 Å². The van der Waals surface area contributed by atoms with Gasteiger partial charge in [-0.05, 0) is 43.9 Å². The van der Waals surface area contributed by atoms with Gasteiger partial charge in [-0.25, -0.2) is 0 Å². The molecule has 0 radical (unpaired) electrons. The third kappa shape index (κ3) is 4.85. The Balaban J connectivity index is 1.64. The molecule has 1 amide bonds. The summed E-state index contributed by atoms with van der Waals surface area (Å²) in [5, 5.41) is 11.1. The summed E-state index contributed by atoms with van der Waals surface area (Å²) in [6, 6.07) is 12.3. The third-order valence-electron chi connectivity index (χ3n) is 4.88. The molecule has 2 aromatic carbocycles. The Kier molecular flexibility index (Phi) is 6.36. The Morgan fingerprint density at radius 3 is 2.55 bits per heavy atom. The number of amides is 1. The molecule has 1 atom stereocenters. The van der Waals surface area contributed by atoms with Gasteiger partial charge < -0.3 is 14.4 Å². The van der Waals surface area contributed by atoms with Crippen LogP contribution in [0.4, 0.5) is 11.4 Å². The number of carbonyl (C=O) groups excluding carboxylic acids is 1. The monoisotopic (exact) mass is 398 g/mol. The summed E-state index contributed by atoms with van der Waals surface area (Å²) in [4.78, 5) is 25.2. The molecule has 0 N–H and O–H groups in total. The summed E-state index contributed by atoms with van der Waals surface area (Å²) in [7, 11) is 0. The van der Waals surface area contributed by atoms with Crippen molar-refractivity contribution in [3.05, 3.63) is 58.1 Å². The highest BCUT2D eigenvalue weighted by molar-refractivity contribution is 6.00. The number of rotatable bonds is 8. The average Bonchev–Trinajstić information content (AvgIpc) is 2.69. The second-order valence-electron chi connectivity index (χ2n) is 7.55. The summed E-state index contributed by atoms with van der Waals surface area (Å²) < 4.78 is 11.5. The Morgan fingerprint density at radius 1 is 1.17 bits per heavy atom. The molecule has 1 aliphatic rings. The van der Waals surface area contributed by atoms with Crippen LogP contribution in [0.25, 0.3) is 0 Å². The number of hydrogen-bond acceptors (Lipinski definition) is 5. The van der Waals surface area contributed by atoms with Gasteiger partial charge in [0.1, 0.15) is 5.75 Å². The van der Waals surface area contributed by atoms with E-state index in [1.807, 2.05) is 45.0 Å². The van der Waals surface area contributed by atoms with Gasteiger partial charge in [-0.2, -0.15) is 0 Å². The molecule has 1 aliphatic heterocycles. The van der Waals surface area contributed by atoms with Crippen molar-refractivity contribution in [3.63, 3.8) is 0 Å². The summed E-state index contributed by atoms with van der Waals surface area (Å²) >= 11 is 0. The smallest absolute Gasteiger partial charge is 0.273 e. The van der Waals surface area contributed by atoms with Crippen LogP contribution in [-0.4, -0.2) is 30.1 Å². The molecule has 0 saturated heterocycles. The average molecular weight is 398 g/mol. The largest absolute Gasteiger partial charge is 0.494 e. The first-order valence-corrected chi connectivity index (χ1v) is 9.83. The highest BCUT2D eigenvalue weighted by atomic mass is 16.6. The summed E-state index contributed by atoms with van der Waals surface area (Å²) in [5.41, 5.74) is 1.71. The lowest BCUT2D eigenvalue weighted by molar-refractivity contribution is -0.384. The minimum absolute atomic E-state index is 0.0396. The number of nitro benzene ring substituents is 1. The molecule has 1 heterocycles. The molecule has 154 valence electrons. The lowest BCUT2D eigenvalue weighted by Crippen LogP contribution is -2.48. The molecular formula is C22H26N2O5. The standard InChI is InChI=1S/C22H26N2O5/c1-15(2)21-22(25)23(19-11-8-17(24(26)27)14-20(19)29-21)12-4-5-13-28-18-9-6-16(3)7-10-18/h6-11,14-15,21H,4-5,12-13H2,1-3H3. The zero-order valence-electron chi connectivity index (χ0n) is 17.0. The molecule has 0 saturated carbocycles. The molecule has 29 heavy (non-hydrogen) atoms. The molecule has 7 heteroatoms. The van der Waals surface area contributed by atoms with Crippen LogP contribution in [0.5, 0.6) is 11.5 Å². The van der Waals surface area contributed by atoms with Gasteiger partial charge >= 0.3 is 0 Å². The summed E-state index contributed by atoms with van der Waals surface area (Å²) in [6.45, 7) is 6.90. The Labute approximate surface area is 170 Å².